The fourth-order valence-electron chi connectivity index (χ4n) is 2.44. The molecule has 0 spiro atoms. The van der Waals surface area contributed by atoms with E-state index in [1.54, 1.807) is 30.3 Å². The molecule has 0 aliphatic heterocycles. The van der Waals surface area contributed by atoms with E-state index < -0.39 is 16.6 Å². The fourth-order valence-corrected chi connectivity index (χ4v) is 3.17. The second kappa shape index (κ2) is 12.6. The molecule has 0 unspecified atom stereocenters. The molecule has 0 radical (unpaired) electrons. The highest BCUT2D eigenvalue weighted by Crippen LogP contribution is 2.20. The van der Waals surface area contributed by atoms with Crippen LogP contribution in [-0.2, 0) is 23.1 Å². The normalized spacial score (nSPS) is 11.7. The summed E-state index contributed by atoms with van der Waals surface area (Å²) < 4.78 is 55.4. The molecule has 0 heterocycles. The monoisotopic (exact) mass is 554 g/mol. The van der Waals surface area contributed by atoms with Crippen LogP contribution in [0.15, 0.2) is 58.4 Å². The third kappa shape index (κ3) is 8.03. The molecule has 3 N–H and O–H groups in total. The molecule has 0 saturated carbocycles. The summed E-state index contributed by atoms with van der Waals surface area (Å²) in [7, 11) is -2.13. The van der Waals surface area contributed by atoms with E-state index in [0.29, 0.717) is 24.6 Å². The lowest BCUT2D eigenvalue weighted by Crippen LogP contribution is -2.36. The number of nitrogens with one attached hydrogen (secondary N) is 3. The highest BCUT2D eigenvalue weighted by molar-refractivity contribution is 14.0. The van der Waals surface area contributed by atoms with Crippen LogP contribution in [0.2, 0.25) is 0 Å². The third-order valence-corrected chi connectivity index (χ3v) is 5.33. The van der Waals surface area contributed by atoms with E-state index in [-0.39, 0.29) is 41.2 Å². The summed E-state index contributed by atoms with van der Waals surface area (Å²) in [6, 6.07) is 12.9. The molecule has 2 rings (SSSR count). The molecule has 0 aliphatic rings. The standard InChI is InChI=1S/C19H24F2N4O3S.HI/c1-3-23-19(25-13-15-6-4-5-7-17(15)28-18(20)21)24-12-14-8-10-16(11-9-14)29(26,27)22-2;/h4-11,18,22H,3,12-13H2,1-2H3,(H2,23,24,25);1H. The Labute approximate surface area is 192 Å². The van der Waals surface area contributed by atoms with Gasteiger partial charge in [-0.25, -0.2) is 18.1 Å². The predicted molar refractivity (Wildman–Crippen MR) is 123 cm³/mol. The van der Waals surface area contributed by atoms with E-state index in [1.165, 1.54) is 25.2 Å². The number of halogens is 3. The SMILES string of the molecule is CCNC(=NCc1ccc(S(=O)(=O)NC)cc1)NCc1ccccc1OC(F)F.I. The smallest absolute Gasteiger partial charge is 0.387 e. The number of alkyl halides is 2. The van der Waals surface area contributed by atoms with Crippen LogP contribution in [-0.4, -0.2) is 34.6 Å². The Morgan fingerprint density at radius 3 is 2.37 bits per heavy atom. The molecular weight excluding hydrogens is 529 g/mol. The quantitative estimate of drug-likeness (QED) is 0.252. The molecule has 0 aromatic heterocycles. The molecule has 0 bridgehead atoms. The van der Waals surface area contributed by atoms with E-state index in [0.717, 1.165) is 5.56 Å². The van der Waals surface area contributed by atoms with Gasteiger partial charge in [0, 0.05) is 18.7 Å². The van der Waals surface area contributed by atoms with Crippen LogP contribution in [0.25, 0.3) is 0 Å². The molecule has 0 saturated heterocycles. The number of benzene rings is 2. The average molecular weight is 554 g/mol. The number of nitrogens with zero attached hydrogens (tertiary/aromatic N) is 1. The van der Waals surface area contributed by atoms with Crippen molar-refractivity contribution in [1.82, 2.24) is 15.4 Å². The van der Waals surface area contributed by atoms with Gasteiger partial charge in [0.25, 0.3) is 0 Å². The van der Waals surface area contributed by atoms with E-state index in [2.05, 4.69) is 25.1 Å². The van der Waals surface area contributed by atoms with Crippen LogP contribution in [0.3, 0.4) is 0 Å². The zero-order valence-corrected chi connectivity index (χ0v) is 19.7. The molecular formula is C19H25F2IN4O3S. The third-order valence-electron chi connectivity index (χ3n) is 3.90. The molecule has 166 valence electrons. The summed E-state index contributed by atoms with van der Waals surface area (Å²) in [5.41, 5.74) is 1.39. The molecule has 2 aromatic rings. The molecule has 0 amide bonds. The first-order valence-electron chi connectivity index (χ1n) is 8.93. The molecule has 11 heteroatoms. The van der Waals surface area contributed by atoms with Gasteiger partial charge in [0.15, 0.2) is 5.96 Å². The lowest BCUT2D eigenvalue weighted by atomic mass is 10.2. The van der Waals surface area contributed by atoms with Gasteiger partial charge < -0.3 is 15.4 Å². The summed E-state index contributed by atoms with van der Waals surface area (Å²) in [5, 5.41) is 6.15. The van der Waals surface area contributed by atoms with Gasteiger partial charge in [0.2, 0.25) is 10.0 Å². The van der Waals surface area contributed by atoms with Crippen molar-refractivity contribution in [3.8, 4) is 5.75 Å². The number of rotatable bonds is 9. The molecule has 7 nitrogen and oxygen atoms in total. The topological polar surface area (TPSA) is 91.8 Å². The van der Waals surface area contributed by atoms with Crippen molar-refractivity contribution in [3.63, 3.8) is 0 Å². The van der Waals surface area contributed by atoms with E-state index >= 15 is 0 Å². The number of hydrogen-bond acceptors (Lipinski definition) is 4. The van der Waals surface area contributed by atoms with Crippen LogP contribution in [0.1, 0.15) is 18.1 Å². The number of aliphatic imine (C=N–C) groups is 1. The lowest BCUT2D eigenvalue weighted by Gasteiger charge is -2.14. The lowest BCUT2D eigenvalue weighted by molar-refractivity contribution is -0.0504. The van der Waals surface area contributed by atoms with Crippen molar-refractivity contribution in [1.29, 1.82) is 0 Å². The summed E-state index contributed by atoms with van der Waals surface area (Å²) in [5.74, 6) is 0.596. The van der Waals surface area contributed by atoms with Crippen molar-refractivity contribution in [3.05, 3.63) is 59.7 Å². The molecule has 30 heavy (non-hydrogen) atoms. The summed E-state index contributed by atoms with van der Waals surface area (Å²) in [4.78, 5) is 4.62. The van der Waals surface area contributed by atoms with Gasteiger partial charge >= 0.3 is 6.61 Å². The average Bonchev–Trinajstić information content (AvgIpc) is 2.71. The summed E-state index contributed by atoms with van der Waals surface area (Å²) in [6.45, 7) is 0.175. The highest BCUT2D eigenvalue weighted by Gasteiger charge is 2.11. The summed E-state index contributed by atoms with van der Waals surface area (Å²) >= 11 is 0. The van der Waals surface area contributed by atoms with Crippen LogP contribution in [0.4, 0.5) is 8.78 Å². The minimum atomic E-state index is -3.48. The zero-order chi connectivity index (χ0) is 21.3. The predicted octanol–water partition coefficient (Wildman–Crippen LogP) is 3.07. The van der Waals surface area contributed by atoms with Crippen molar-refractivity contribution in [2.75, 3.05) is 13.6 Å². The molecule has 0 fully saturated rings. The molecule has 0 atom stereocenters. The zero-order valence-electron chi connectivity index (χ0n) is 16.6. The molecule has 0 aliphatic carbocycles. The Morgan fingerprint density at radius 1 is 1.10 bits per heavy atom. The van der Waals surface area contributed by atoms with E-state index in [1.807, 2.05) is 6.92 Å². The first-order valence-corrected chi connectivity index (χ1v) is 10.4. The highest BCUT2D eigenvalue weighted by atomic mass is 127. The largest absolute Gasteiger partial charge is 0.434 e. The Morgan fingerprint density at radius 2 is 1.77 bits per heavy atom. The Hall–Kier alpha value is -1.99. The minimum Gasteiger partial charge on any atom is -0.434 e. The second-order valence-corrected chi connectivity index (χ2v) is 7.77. The number of guanidine groups is 1. The van der Waals surface area contributed by atoms with Gasteiger partial charge in [-0.05, 0) is 37.7 Å². The molecule has 2 aromatic carbocycles. The van der Waals surface area contributed by atoms with Crippen LogP contribution < -0.4 is 20.1 Å². The van der Waals surface area contributed by atoms with Gasteiger partial charge in [0.05, 0.1) is 11.4 Å². The minimum absolute atomic E-state index is 0. The first-order chi connectivity index (χ1) is 13.9. The van der Waals surface area contributed by atoms with E-state index in [9.17, 15) is 17.2 Å². The maximum absolute atomic E-state index is 12.5. The summed E-state index contributed by atoms with van der Waals surface area (Å²) in [6.07, 6.45) is 0. The Balaban J connectivity index is 0.00000450. The second-order valence-electron chi connectivity index (χ2n) is 5.89. The van der Waals surface area contributed by atoms with Crippen LogP contribution >= 0.6 is 24.0 Å². The number of ether oxygens (including phenoxy) is 1. The van der Waals surface area contributed by atoms with Crippen molar-refractivity contribution in [2.24, 2.45) is 4.99 Å². The van der Waals surface area contributed by atoms with Crippen LogP contribution in [0.5, 0.6) is 5.75 Å². The van der Waals surface area contributed by atoms with Gasteiger partial charge in [0.1, 0.15) is 5.75 Å². The van der Waals surface area contributed by atoms with Gasteiger partial charge in [-0.2, -0.15) is 8.78 Å². The number of para-hydroxylation sites is 1. The van der Waals surface area contributed by atoms with Crippen LogP contribution in [0, 0.1) is 0 Å². The fraction of sp³-hybridized carbons (Fsp3) is 0.316. The van der Waals surface area contributed by atoms with E-state index in [4.69, 9.17) is 0 Å². The van der Waals surface area contributed by atoms with Gasteiger partial charge in [-0.3, -0.25) is 0 Å². The Kier molecular flexibility index (Phi) is 11.0. The maximum Gasteiger partial charge on any atom is 0.387 e. The first kappa shape index (κ1) is 26.0. The van der Waals surface area contributed by atoms with Gasteiger partial charge in [-0.1, -0.05) is 30.3 Å². The number of sulfonamides is 1. The Bertz CT molecular complexity index is 926. The van der Waals surface area contributed by atoms with Crippen molar-refractivity contribution < 1.29 is 21.9 Å². The van der Waals surface area contributed by atoms with Gasteiger partial charge in [-0.15, -0.1) is 24.0 Å². The van der Waals surface area contributed by atoms with Crippen molar-refractivity contribution >= 4 is 40.0 Å². The maximum atomic E-state index is 12.5. The number of hydrogen-bond donors (Lipinski definition) is 3. The van der Waals surface area contributed by atoms with Crippen molar-refractivity contribution in [2.45, 2.75) is 31.5 Å².